The molecule has 1 N–H and O–H groups in total. The lowest BCUT2D eigenvalue weighted by Crippen LogP contribution is -2.08. The standard InChI is InChI=1S/C12H17N/c1-2-10-8-13-9-12(10)11-6-4-3-5-7-11/h3-7,10,12-13H,2,8-9H2,1H3. The highest BCUT2D eigenvalue weighted by molar-refractivity contribution is 5.22. The van der Waals surface area contributed by atoms with Crippen molar-refractivity contribution in [2.75, 3.05) is 13.1 Å². The van der Waals surface area contributed by atoms with Crippen LogP contribution < -0.4 is 5.32 Å². The van der Waals surface area contributed by atoms with Crippen molar-refractivity contribution in [1.29, 1.82) is 0 Å². The molecule has 0 amide bonds. The Labute approximate surface area is 80.2 Å². The fourth-order valence-electron chi connectivity index (χ4n) is 2.25. The van der Waals surface area contributed by atoms with Gasteiger partial charge >= 0.3 is 0 Å². The molecule has 1 fully saturated rings. The average Bonchev–Trinajstić information content (AvgIpc) is 2.67. The molecule has 1 aliphatic rings. The van der Waals surface area contributed by atoms with E-state index in [1.807, 2.05) is 0 Å². The summed E-state index contributed by atoms with van der Waals surface area (Å²) in [5.74, 6) is 1.58. The Balaban J connectivity index is 2.16. The molecule has 1 saturated heterocycles. The molecule has 1 heteroatoms. The first-order valence-corrected chi connectivity index (χ1v) is 5.17. The third kappa shape index (κ3) is 1.75. The van der Waals surface area contributed by atoms with E-state index in [9.17, 15) is 0 Å². The molecule has 0 saturated carbocycles. The Morgan fingerprint density at radius 2 is 2.00 bits per heavy atom. The quantitative estimate of drug-likeness (QED) is 0.727. The summed E-state index contributed by atoms with van der Waals surface area (Å²) in [6, 6.07) is 10.9. The molecular weight excluding hydrogens is 158 g/mol. The highest BCUT2D eigenvalue weighted by Gasteiger charge is 2.26. The van der Waals surface area contributed by atoms with E-state index in [0.717, 1.165) is 18.4 Å². The van der Waals surface area contributed by atoms with Gasteiger partial charge in [0.15, 0.2) is 0 Å². The van der Waals surface area contributed by atoms with Crippen LogP contribution in [0.1, 0.15) is 24.8 Å². The van der Waals surface area contributed by atoms with Gasteiger partial charge in [-0.3, -0.25) is 0 Å². The lowest BCUT2D eigenvalue weighted by molar-refractivity contribution is 0.503. The zero-order valence-electron chi connectivity index (χ0n) is 8.16. The van der Waals surface area contributed by atoms with Crippen molar-refractivity contribution >= 4 is 0 Å². The Morgan fingerprint density at radius 3 is 2.69 bits per heavy atom. The van der Waals surface area contributed by atoms with Crippen LogP contribution in [-0.2, 0) is 0 Å². The molecule has 2 unspecified atom stereocenters. The highest BCUT2D eigenvalue weighted by Crippen LogP contribution is 2.29. The van der Waals surface area contributed by atoms with Crippen LogP contribution in [0, 0.1) is 5.92 Å². The first-order valence-electron chi connectivity index (χ1n) is 5.17. The minimum Gasteiger partial charge on any atom is -0.316 e. The Hall–Kier alpha value is -0.820. The molecule has 70 valence electrons. The van der Waals surface area contributed by atoms with Gasteiger partial charge in [-0.1, -0.05) is 43.7 Å². The maximum absolute atomic E-state index is 3.47. The van der Waals surface area contributed by atoms with Gasteiger partial charge in [0.2, 0.25) is 0 Å². The number of hydrogen-bond acceptors (Lipinski definition) is 1. The summed E-state index contributed by atoms with van der Waals surface area (Å²) >= 11 is 0. The van der Waals surface area contributed by atoms with Crippen LogP contribution in [0.4, 0.5) is 0 Å². The summed E-state index contributed by atoms with van der Waals surface area (Å²) in [7, 11) is 0. The second-order valence-electron chi connectivity index (χ2n) is 3.84. The van der Waals surface area contributed by atoms with Crippen LogP contribution in [0.3, 0.4) is 0 Å². The Morgan fingerprint density at radius 1 is 1.23 bits per heavy atom. The van der Waals surface area contributed by atoms with Crippen LogP contribution in [0.5, 0.6) is 0 Å². The SMILES string of the molecule is CCC1CNCC1c1ccccc1. The largest absolute Gasteiger partial charge is 0.316 e. The molecule has 1 aromatic rings. The van der Waals surface area contributed by atoms with Crippen molar-refractivity contribution in [1.82, 2.24) is 5.32 Å². The van der Waals surface area contributed by atoms with Gasteiger partial charge in [0.1, 0.15) is 0 Å². The number of rotatable bonds is 2. The summed E-state index contributed by atoms with van der Waals surface area (Å²) in [6.45, 7) is 4.63. The van der Waals surface area contributed by atoms with Crippen molar-refractivity contribution in [2.45, 2.75) is 19.3 Å². The van der Waals surface area contributed by atoms with E-state index in [4.69, 9.17) is 0 Å². The van der Waals surface area contributed by atoms with E-state index in [-0.39, 0.29) is 0 Å². The van der Waals surface area contributed by atoms with E-state index in [0.29, 0.717) is 0 Å². The molecule has 0 aromatic heterocycles. The van der Waals surface area contributed by atoms with Crippen LogP contribution >= 0.6 is 0 Å². The Kier molecular flexibility index (Phi) is 2.65. The first kappa shape index (κ1) is 8.76. The third-order valence-electron chi connectivity index (χ3n) is 3.09. The van der Waals surface area contributed by atoms with Crippen molar-refractivity contribution < 1.29 is 0 Å². The van der Waals surface area contributed by atoms with Gasteiger partial charge in [0.05, 0.1) is 0 Å². The van der Waals surface area contributed by atoms with Crippen molar-refractivity contribution in [3.63, 3.8) is 0 Å². The monoisotopic (exact) mass is 175 g/mol. The Bertz CT molecular complexity index is 255. The van der Waals surface area contributed by atoms with Crippen LogP contribution in [0.25, 0.3) is 0 Å². The lowest BCUT2D eigenvalue weighted by Gasteiger charge is -2.16. The van der Waals surface area contributed by atoms with Gasteiger partial charge in [-0.2, -0.15) is 0 Å². The van der Waals surface area contributed by atoms with Gasteiger partial charge in [-0.15, -0.1) is 0 Å². The summed E-state index contributed by atoms with van der Waals surface area (Å²) in [5, 5.41) is 3.47. The molecule has 0 bridgehead atoms. The molecule has 0 spiro atoms. The van der Waals surface area contributed by atoms with Gasteiger partial charge in [0.25, 0.3) is 0 Å². The van der Waals surface area contributed by atoms with E-state index in [1.54, 1.807) is 0 Å². The van der Waals surface area contributed by atoms with E-state index >= 15 is 0 Å². The van der Waals surface area contributed by atoms with Crippen LogP contribution in [-0.4, -0.2) is 13.1 Å². The van der Waals surface area contributed by atoms with E-state index in [1.165, 1.54) is 18.5 Å². The van der Waals surface area contributed by atoms with Crippen molar-refractivity contribution in [3.8, 4) is 0 Å². The molecule has 1 aliphatic heterocycles. The summed E-state index contributed by atoms with van der Waals surface area (Å²) < 4.78 is 0. The van der Waals surface area contributed by atoms with Crippen molar-refractivity contribution in [2.24, 2.45) is 5.92 Å². The third-order valence-corrected chi connectivity index (χ3v) is 3.09. The first-order chi connectivity index (χ1) is 6.42. The zero-order chi connectivity index (χ0) is 9.10. The highest BCUT2D eigenvalue weighted by atomic mass is 14.9. The van der Waals surface area contributed by atoms with Crippen molar-refractivity contribution in [3.05, 3.63) is 35.9 Å². The van der Waals surface area contributed by atoms with Gasteiger partial charge in [-0.05, 0) is 18.0 Å². The van der Waals surface area contributed by atoms with E-state index < -0.39 is 0 Å². The van der Waals surface area contributed by atoms with Crippen LogP contribution in [0.2, 0.25) is 0 Å². The molecule has 13 heavy (non-hydrogen) atoms. The average molecular weight is 175 g/mol. The maximum atomic E-state index is 3.47. The smallest absolute Gasteiger partial charge is 0.00234 e. The fraction of sp³-hybridized carbons (Fsp3) is 0.500. The number of benzene rings is 1. The predicted octanol–water partition coefficient (Wildman–Crippen LogP) is 2.40. The topological polar surface area (TPSA) is 12.0 Å². The second-order valence-corrected chi connectivity index (χ2v) is 3.84. The zero-order valence-corrected chi connectivity index (χ0v) is 8.16. The minimum absolute atomic E-state index is 0.742. The number of hydrogen-bond donors (Lipinski definition) is 1. The summed E-state index contributed by atoms with van der Waals surface area (Å²) in [5.41, 5.74) is 1.50. The molecular formula is C12H17N. The second kappa shape index (κ2) is 3.93. The molecule has 0 aliphatic carbocycles. The predicted molar refractivity (Wildman–Crippen MR) is 55.8 cm³/mol. The number of nitrogens with one attached hydrogen (secondary N) is 1. The molecule has 1 aromatic carbocycles. The van der Waals surface area contributed by atoms with Gasteiger partial charge < -0.3 is 5.32 Å². The molecule has 1 heterocycles. The molecule has 2 rings (SSSR count). The lowest BCUT2D eigenvalue weighted by atomic mass is 9.87. The normalized spacial score (nSPS) is 27.8. The van der Waals surface area contributed by atoms with Gasteiger partial charge in [0, 0.05) is 12.5 Å². The summed E-state index contributed by atoms with van der Waals surface area (Å²) in [4.78, 5) is 0. The fourth-order valence-corrected chi connectivity index (χ4v) is 2.25. The molecule has 2 atom stereocenters. The minimum atomic E-state index is 0.742. The summed E-state index contributed by atoms with van der Waals surface area (Å²) in [6.07, 6.45) is 1.28. The van der Waals surface area contributed by atoms with Gasteiger partial charge in [-0.25, -0.2) is 0 Å². The maximum Gasteiger partial charge on any atom is 0.00234 e. The van der Waals surface area contributed by atoms with Crippen LogP contribution in [0.15, 0.2) is 30.3 Å². The van der Waals surface area contributed by atoms with E-state index in [2.05, 4.69) is 42.6 Å². The molecule has 0 radical (unpaired) electrons. The molecule has 1 nitrogen and oxygen atoms in total.